The fraction of sp³-hybridized carbons (Fsp3) is 0.115. The van der Waals surface area contributed by atoms with Crippen molar-refractivity contribution in [3.8, 4) is 28.6 Å². The second-order valence-corrected chi connectivity index (χ2v) is 7.67. The number of ether oxygens (including phenoxy) is 2. The van der Waals surface area contributed by atoms with Gasteiger partial charge in [0.2, 0.25) is 5.88 Å². The Morgan fingerprint density at radius 1 is 0.939 bits per heavy atom. The molecule has 0 saturated carbocycles. The van der Waals surface area contributed by atoms with Crippen molar-refractivity contribution in [1.82, 2.24) is 15.3 Å². The number of nitrogens with one attached hydrogen (secondary N) is 1. The maximum absolute atomic E-state index is 12.6. The Balaban J connectivity index is 1.39. The molecule has 1 amide bonds. The Bertz CT molecular complexity index is 1230. The summed E-state index contributed by atoms with van der Waals surface area (Å²) >= 11 is 5.91. The molecular formula is C26H22ClN3O3. The van der Waals surface area contributed by atoms with Crippen molar-refractivity contribution in [3.63, 3.8) is 0 Å². The second kappa shape index (κ2) is 10.6. The summed E-state index contributed by atoms with van der Waals surface area (Å²) in [4.78, 5) is 21.1. The molecule has 0 saturated heterocycles. The third-order valence-electron chi connectivity index (χ3n) is 4.96. The molecule has 33 heavy (non-hydrogen) atoms. The minimum atomic E-state index is -0.170. The molecule has 0 spiro atoms. The molecule has 7 heteroatoms. The van der Waals surface area contributed by atoms with Gasteiger partial charge in [-0.1, -0.05) is 29.8 Å². The van der Waals surface area contributed by atoms with Gasteiger partial charge in [-0.3, -0.25) is 4.79 Å². The van der Waals surface area contributed by atoms with Crippen LogP contribution in [0.15, 0.2) is 85.2 Å². The third-order valence-corrected chi connectivity index (χ3v) is 5.21. The van der Waals surface area contributed by atoms with Gasteiger partial charge in [0.15, 0.2) is 0 Å². The predicted molar refractivity (Wildman–Crippen MR) is 128 cm³/mol. The van der Waals surface area contributed by atoms with Crippen LogP contribution in [0, 0.1) is 0 Å². The molecule has 166 valence electrons. The number of carbonyl (C=O) groups is 1. The van der Waals surface area contributed by atoms with Crippen LogP contribution in [0.5, 0.6) is 17.4 Å². The second-order valence-electron chi connectivity index (χ2n) is 7.23. The minimum absolute atomic E-state index is 0.170. The molecule has 0 aliphatic carbocycles. The number of halogens is 1. The molecule has 0 aliphatic rings. The molecule has 4 rings (SSSR count). The lowest BCUT2D eigenvalue weighted by Crippen LogP contribution is -2.25. The summed E-state index contributed by atoms with van der Waals surface area (Å²) < 4.78 is 11.1. The number of carbonyl (C=O) groups excluding carboxylic acids is 1. The average molecular weight is 460 g/mol. The summed E-state index contributed by atoms with van der Waals surface area (Å²) in [5, 5.41) is 3.62. The topological polar surface area (TPSA) is 73.3 Å². The van der Waals surface area contributed by atoms with Crippen LogP contribution in [0.1, 0.15) is 15.9 Å². The van der Waals surface area contributed by atoms with Crippen molar-refractivity contribution < 1.29 is 14.3 Å². The van der Waals surface area contributed by atoms with Crippen molar-refractivity contribution in [2.24, 2.45) is 0 Å². The fourth-order valence-corrected chi connectivity index (χ4v) is 3.34. The van der Waals surface area contributed by atoms with Gasteiger partial charge < -0.3 is 14.8 Å². The maximum atomic E-state index is 12.6. The van der Waals surface area contributed by atoms with Gasteiger partial charge in [0, 0.05) is 28.8 Å². The first-order chi connectivity index (χ1) is 16.1. The molecule has 0 unspecified atom stereocenters. The lowest BCUT2D eigenvalue weighted by Gasteiger charge is -2.09. The van der Waals surface area contributed by atoms with E-state index >= 15 is 0 Å². The van der Waals surface area contributed by atoms with Gasteiger partial charge in [-0.25, -0.2) is 9.97 Å². The Kier molecular flexibility index (Phi) is 7.17. The van der Waals surface area contributed by atoms with Crippen LogP contribution >= 0.6 is 11.6 Å². The molecule has 0 aliphatic heterocycles. The smallest absolute Gasteiger partial charge is 0.251 e. The Morgan fingerprint density at radius 3 is 2.48 bits per heavy atom. The highest BCUT2D eigenvalue weighted by Crippen LogP contribution is 2.25. The largest absolute Gasteiger partial charge is 0.497 e. The first-order valence-electron chi connectivity index (χ1n) is 10.4. The zero-order valence-corrected chi connectivity index (χ0v) is 18.8. The van der Waals surface area contributed by atoms with E-state index in [-0.39, 0.29) is 5.91 Å². The van der Waals surface area contributed by atoms with Crippen LogP contribution in [0.2, 0.25) is 5.02 Å². The number of rotatable bonds is 8. The number of aromatic nitrogens is 2. The van der Waals surface area contributed by atoms with Crippen molar-refractivity contribution in [2.75, 3.05) is 13.7 Å². The van der Waals surface area contributed by atoms with Gasteiger partial charge >= 0.3 is 0 Å². The SMILES string of the molecule is COc1ccc(-c2cc(Oc3cccc(C(=O)NCCc4ccc(Cl)cc4)c3)ncn2)cc1. The van der Waals surface area contributed by atoms with E-state index in [0.717, 1.165) is 22.6 Å². The number of nitrogens with zero attached hydrogens (tertiary/aromatic N) is 2. The first-order valence-corrected chi connectivity index (χ1v) is 10.8. The Hall–Kier alpha value is -3.90. The van der Waals surface area contributed by atoms with E-state index in [4.69, 9.17) is 21.1 Å². The monoisotopic (exact) mass is 459 g/mol. The minimum Gasteiger partial charge on any atom is -0.497 e. The Morgan fingerprint density at radius 2 is 1.73 bits per heavy atom. The first kappa shape index (κ1) is 22.3. The molecular weight excluding hydrogens is 438 g/mol. The molecule has 3 aromatic carbocycles. The van der Waals surface area contributed by atoms with E-state index in [1.807, 2.05) is 48.5 Å². The molecule has 0 radical (unpaired) electrons. The van der Waals surface area contributed by atoms with E-state index in [2.05, 4.69) is 15.3 Å². The van der Waals surface area contributed by atoms with Crippen molar-refractivity contribution in [1.29, 1.82) is 0 Å². The van der Waals surface area contributed by atoms with Gasteiger partial charge in [-0.2, -0.15) is 0 Å². The predicted octanol–water partition coefficient (Wildman–Crippen LogP) is 5.57. The quantitative estimate of drug-likeness (QED) is 0.373. The van der Waals surface area contributed by atoms with E-state index in [0.29, 0.717) is 35.2 Å². The van der Waals surface area contributed by atoms with E-state index in [9.17, 15) is 4.79 Å². The lowest BCUT2D eigenvalue weighted by molar-refractivity contribution is 0.0954. The standard InChI is InChI=1S/C26H22ClN3O3/c1-32-22-11-7-19(8-12-22)24-16-25(30-17-29-24)33-23-4-2-3-20(15-23)26(31)28-14-13-18-5-9-21(27)10-6-18/h2-12,15-17H,13-14H2,1H3,(H,28,31). The zero-order valence-electron chi connectivity index (χ0n) is 18.0. The molecule has 0 atom stereocenters. The number of hydrogen-bond donors (Lipinski definition) is 1. The van der Waals surface area contributed by atoms with Gasteiger partial charge in [-0.15, -0.1) is 0 Å². The van der Waals surface area contributed by atoms with Crippen LogP contribution in [-0.2, 0) is 6.42 Å². The molecule has 1 N–H and O–H groups in total. The fourth-order valence-electron chi connectivity index (χ4n) is 3.21. The summed E-state index contributed by atoms with van der Waals surface area (Å²) in [6.07, 6.45) is 2.16. The highest BCUT2D eigenvalue weighted by molar-refractivity contribution is 6.30. The third kappa shape index (κ3) is 6.08. The van der Waals surface area contributed by atoms with E-state index < -0.39 is 0 Å². The number of methoxy groups -OCH3 is 1. The van der Waals surface area contributed by atoms with Crippen molar-refractivity contribution >= 4 is 17.5 Å². The van der Waals surface area contributed by atoms with E-state index in [1.165, 1.54) is 6.33 Å². The normalized spacial score (nSPS) is 10.5. The van der Waals surface area contributed by atoms with E-state index in [1.54, 1.807) is 37.4 Å². The number of hydrogen-bond acceptors (Lipinski definition) is 5. The highest BCUT2D eigenvalue weighted by Gasteiger charge is 2.09. The summed E-state index contributed by atoms with van der Waals surface area (Å²) in [5.41, 5.74) is 3.25. The summed E-state index contributed by atoms with van der Waals surface area (Å²) in [6, 6.07) is 23.9. The Labute approximate surface area is 197 Å². The molecule has 1 aromatic heterocycles. The molecule has 1 heterocycles. The van der Waals surface area contributed by atoms with Crippen molar-refractivity contribution in [2.45, 2.75) is 6.42 Å². The molecule has 0 bridgehead atoms. The zero-order chi connectivity index (χ0) is 23.0. The highest BCUT2D eigenvalue weighted by atomic mass is 35.5. The maximum Gasteiger partial charge on any atom is 0.251 e. The van der Waals surface area contributed by atoms with Gasteiger partial charge in [0.1, 0.15) is 17.8 Å². The van der Waals surface area contributed by atoms with Crippen LogP contribution in [0.25, 0.3) is 11.3 Å². The summed E-state index contributed by atoms with van der Waals surface area (Å²) in [5.74, 6) is 1.50. The number of benzene rings is 3. The van der Waals surface area contributed by atoms with Crippen molar-refractivity contribution in [3.05, 3.63) is 101 Å². The number of amides is 1. The van der Waals surface area contributed by atoms with Gasteiger partial charge in [0.25, 0.3) is 5.91 Å². The lowest BCUT2D eigenvalue weighted by atomic mass is 10.1. The van der Waals surface area contributed by atoms with Crippen LogP contribution in [0.3, 0.4) is 0 Å². The summed E-state index contributed by atoms with van der Waals surface area (Å²) in [7, 11) is 1.62. The molecule has 0 fully saturated rings. The van der Waals surface area contributed by atoms with Crippen LogP contribution < -0.4 is 14.8 Å². The van der Waals surface area contributed by atoms with Crippen LogP contribution in [0.4, 0.5) is 0 Å². The van der Waals surface area contributed by atoms with Crippen LogP contribution in [-0.4, -0.2) is 29.5 Å². The molecule has 4 aromatic rings. The average Bonchev–Trinajstić information content (AvgIpc) is 2.85. The molecule has 6 nitrogen and oxygen atoms in total. The summed E-state index contributed by atoms with van der Waals surface area (Å²) in [6.45, 7) is 0.517. The van der Waals surface area contributed by atoms with Gasteiger partial charge in [0.05, 0.1) is 12.8 Å². The van der Waals surface area contributed by atoms with Gasteiger partial charge in [-0.05, 0) is 66.6 Å².